The first-order valence-corrected chi connectivity index (χ1v) is 6.14. The van der Waals surface area contributed by atoms with Gasteiger partial charge in [-0.05, 0) is 30.7 Å². The first-order chi connectivity index (χ1) is 9.08. The van der Waals surface area contributed by atoms with Crippen LogP contribution in [0, 0.1) is 12.7 Å². The molecule has 19 heavy (non-hydrogen) atoms. The molecule has 2 aromatic heterocycles. The number of hydrogen-bond acceptors (Lipinski definition) is 2. The van der Waals surface area contributed by atoms with E-state index in [9.17, 15) is 4.39 Å². The Labute approximate surface area is 114 Å². The number of aromatic nitrogens is 2. The van der Waals surface area contributed by atoms with Gasteiger partial charge >= 0.3 is 0 Å². The average molecular weight is 276 g/mol. The molecular formula is C14H11ClFN3. The number of nitrogen functional groups attached to an aromatic ring is 1. The van der Waals surface area contributed by atoms with Gasteiger partial charge in [-0.1, -0.05) is 23.7 Å². The highest BCUT2D eigenvalue weighted by atomic mass is 35.5. The maximum Gasteiger partial charge on any atom is 0.142 e. The maximum absolute atomic E-state index is 13.5. The number of imidazole rings is 1. The molecule has 0 saturated heterocycles. The van der Waals surface area contributed by atoms with E-state index in [1.165, 1.54) is 12.1 Å². The van der Waals surface area contributed by atoms with E-state index in [0.29, 0.717) is 17.1 Å². The van der Waals surface area contributed by atoms with Crippen molar-refractivity contribution in [2.45, 2.75) is 6.92 Å². The van der Waals surface area contributed by atoms with Gasteiger partial charge in [0.2, 0.25) is 0 Å². The van der Waals surface area contributed by atoms with Gasteiger partial charge in [0, 0.05) is 11.8 Å². The minimum absolute atomic E-state index is 0.0854. The second-order valence-electron chi connectivity index (χ2n) is 4.36. The van der Waals surface area contributed by atoms with E-state index in [-0.39, 0.29) is 5.02 Å². The van der Waals surface area contributed by atoms with Crippen LogP contribution < -0.4 is 5.73 Å². The van der Waals surface area contributed by atoms with Crippen molar-refractivity contribution in [2.75, 3.05) is 5.73 Å². The summed E-state index contributed by atoms with van der Waals surface area (Å²) in [5.74, 6) is 0.00719. The lowest BCUT2D eigenvalue weighted by Crippen LogP contribution is -1.94. The second kappa shape index (κ2) is 4.24. The van der Waals surface area contributed by atoms with Crippen LogP contribution in [0.15, 0.2) is 36.5 Å². The summed E-state index contributed by atoms with van der Waals surface area (Å²) in [6.45, 7) is 1.95. The number of nitrogens with two attached hydrogens (primary N) is 1. The molecule has 0 spiro atoms. The van der Waals surface area contributed by atoms with Gasteiger partial charge in [0.15, 0.2) is 0 Å². The van der Waals surface area contributed by atoms with Gasteiger partial charge in [0.05, 0.1) is 5.02 Å². The van der Waals surface area contributed by atoms with Crippen LogP contribution in [-0.4, -0.2) is 9.38 Å². The lowest BCUT2D eigenvalue weighted by atomic mass is 10.1. The molecule has 1 aromatic carbocycles. The van der Waals surface area contributed by atoms with E-state index in [0.717, 1.165) is 11.2 Å². The highest BCUT2D eigenvalue weighted by Gasteiger charge is 2.13. The number of nitrogens with zero attached hydrogens (tertiary/aromatic N) is 2. The monoisotopic (exact) mass is 275 g/mol. The van der Waals surface area contributed by atoms with E-state index in [2.05, 4.69) is 4.98 Å². The summed E-state index contributed by atoms with van der Waals surface area (Å²) < 4.78 is 15.3. The maximum atomic E-state index is 13.5. The normalized spacial score (nSPS) is 11.1. The third-order valence-corrected chi connectivity index (χ3v) is 3.38. The van der Waals surface area contributed by atoms with Crippen molar-refractivity contribution in [3.05, 3.63) is 52.9 Å². The first-order valence-electron chi connectivity index (χ1n) is 5.76. The highest BCUT2D eigenvalue weighted by molar-refractivity contribution is 6.30. The molecule has 3 aromatic rings. The molecule has 2 N–H and O–H groups in total. The first kappa shape index (κ1) is 12.0. The van der Waals surface area contributed by atoms with Crippen molar-refractivity contribution in [1.29, 1.82) is 0 Å². The van der Waals surface area contributed by atoms with Gasteiger partial charge in [-0.2, -0.15) is 0 Å². The Bertz CT molecular complexity index is 780. The molecule has 0 saturated carbocycles. The zero-order valence-corrected chi connectivity index (χ0v) is 10.9. The van der Waals surface area contributed by atoms with Crippen molar-refractivity contribution < 1.29 is 4.39 Å². The van der Waals surface area contributed by atoms with Crippen molar-refractivity contribution in [1.82, 2.24) is 9.38 Å². The zero-order valence-electron chi connectivity index (χ0n) is 10.2. The van der Waals surface area contributed by atoms with Crippen molar-refractivity contribution in [3.8, 4) is 11.3 Å². The van der Waals surface area contributed by atoms with Gasteiger partial charge in [-0.15, -0.1) is 0 Å². The lowest BCUT2D eigenvalue weighted by molar-refractivity contribution is 0.629. The van der Waals surface area contributed by atoms with Gasteiger partial charge in [0.1, 0.15) is 23.0 Å². The average Bonchev–Trinajstić information content (AvgIpc) is 2.72. The summed E-state index contributed by atoms with van der Waals surface area (Å²) in [7, 11) is 0. The Kier molecular flexibility index (Phi) is 2.68. The number of hydrogen-bond donors (Lipinski definition) is 1. The van der Waals surface area contributed by atoms with Crippen LogP contribution in [0.1, 0.15) is 5.56 Å². The number of halogens is 2. The van der Waals surface area contributed by atoms with E-state index >= 15 is 0 Å². The lowest BCUT2D eigenvalue weighted by Gasteiger charge is -2.01. The molecule has 0 radical (unpaired) electrons. The van der Waals surface area contributed by atoms with Crippen LogP contribution >= 0.6 is 11.6 Å². The van der Waals surface area contributed by atoms with Crippen LogP contribution in [0.2, 0.25) is 5.02 Å². The smallest absolute Gasteiger partial charge is 0.142 e. The molecule has 3 rings (SSSR count). The van der Waals surface area contributed by atoms with Crippen LogP contribution in [-0.2, 0) is 0 Å². The van der Waals surface area contributed by atoms with Gasteiger partial charge in [-0.3, -0.25) is 4.40 Å². The van der Waals surface area contributed by atoms with E-state index in [1.807, 2.05) is 25.3 Å². The molecule has 2 heterocycles. The van der Waals surface area contributed by atoms with Gasteiger partial charge in [0.25, 0.3) is 0 Å². The molecular weight excluding hydrogens is 265 g/mol. The minimum atomic E-state index is -0.479. The quantitative estimate of drug-likeness (QED) is 0.736. The summed E-state index contributed by atoms with van der Waals surface area (Å²) in [5, 5.41) is 0.0854. The van der Waals surface area contributed by atoms with E-state index in [1.54, 1.807) is 10.5 Å². The SMILES string of the molecule is Cc1cccn2c(N)c(-c3ccc(Cl)c(F)c3)nc12. The molecule has 0 fully saturated rings. The Morgan fingerprint density at radius 2 is 2.11 bits per heavy atom. The number of rotatable bonds is 1. The van der Waals surface area contributed by atoms with Crippen LogP contribution in [0.3, 0.4) is 0 Å². The Balaban J connectivity index is 2.28. The molecule has 0 atom stereocenters. The number of aryl methyl sites for hydroxylation is 1. The third-order valence-electron chi connectivity index (χ3n) is 3.08. The summed E-state index contributed by atoms with van der Waals surface area (Å²) in [4.78, 5) is 4.48. The summed E-state index contributed by atoms with van der Waals surface area (Å²) in [6.07, 6.45) is 1.83. The van der Waals surface area contributed by atoms with Crippen LogP contribution in [0.4, 0.5) is 10.2 Å². The second-order valence-corrected chi connectivity index (χ2v) is 4.77. The number of benzene rings is 1. The zero-order chi connectivity index (χ0) is 13.6. The summed E-state index contributed by atoms with van der Waals surface area (Å²) in [6, 6.07) is 8.40. The van der Waals surface area contributed by atoms with E-state index < -0.39 is 5.82 Å². The van der Waals surface area contributed by atoms with E-state index in [4.69, 9.17) is 17.3 Å². The molecule has 0 aliphatic carbocycles. The predicted molar refractivity (Wildman–Crippen MR) is 74.7 cm³/mol. The third kappa shape index (κ3) is 1.85. The van der Waals surface area contributed by atoms with Crippen LogP contribution in [0.5, 0.6) is 0 Å². The molecule has 0 aliphatic heterocycles. The molecule has 5 heteroatoms. The summed E-state index contributed by atoms with van der Waals surface area (Å²) in [5.41, 5.74) is 9.02. The van der Waals surface area contributed by atoms with Gasteiger partial charge < -0.3 is 5.73 Å². The molecule has 3 nitrogen and oxygen atoms in total. The fraction of sp³-hybridized carbons (Fsp3) is 0.0714. The number of anilines is 1. The standard InChI is InChI=1S/C14H11ClFN3/c1-8-3-2-6-19-13(17)12(18-14(8)19)9-4-5-10(15)11(16)7-9/h2-7H,17H2,1H3. The fourth-order valence-electron chi connectivity index (χ4n) is 2.08. The van der Waals surface area contributed by atoms with Gasteiger partial charge in [-0.25, -0.2) is 9.37 Å². The molecule has 0 unspecified atom stereocenters. The Hall–Kier alpha value is -2.07. The van der Waals surface area contributed by atoms with Crippen molar-refractivity contribution in [2.24, 2.45) is 0 Å². The minimum Gasteiger partial charge on any atom is -0.383 e. The number of pyridine rings is 1. The predicted octanol–water partition coefficient (Wildman–Crippen LogP) is 3.68. The highest BCUT2D eigenvalue weighted by Crippen LogP contribution is 2.29. The molecule has 0 amide bonds. The molecule has 0 aliphatic rings. The Morgan fingerprint density at radius 1 is 1.32 bits per heavy atom. The fourth-order valence-corrected chi connectivity index (χ4v) is 2.20. The van der Waals surface area contributed by atoms with Crippen molar-refractivity contribution >= 4 is 23.1 Å². The Morgan fingerprint density at radius 3 is 2.79 bits per heavy atom. The topological polar surface area (TPSA) is 43.3 Å². The largest absolute Gasteiger partial charge is 0.383 e. The van der Waals surface area contributed by atoms with Crippen LogP contribution in [0.25, 0.3) is 16.9 Å². The number of fused-ring (bicyclic) bond motifs is 1. The summed E-state index contributed by atoms with van der Waals surface area (Å²) >= 11 is 5.68. The van der Waals surface area contributed by atoms with Crippen molar-refractivity contribution in [3.63, 3.8) is 0 Å². The molecule has 96 valence electrons. The molecule has 0 bridgehead atoms.